The fourth-order valence-corrected chi connectivity index (χ4v) is 2.36. The molecule has 1 atom stereocenters. The van der Waals surface area contributed by atoms with Crippen LogP contribution in [0.3, 0.4) is 0 Å². The van der Waals surface area contributed by atoms with Crippen molar-refractivity contribution >= 4 is 29.9 Å². The first kappa shape index (κ1) is 23.0. The van der Waals surface area contributed by atoms with Gasteiger partial charge in [-0.05, 0) is 44.5 Å². The van der Waals surface area contributed by atoms with E-state index in [4.69, 9.17) is 9.47 Å². The third kappa shape index (κ3) is 8.47. The van der Waals surface area contributed by atoms with E-state index in [9.17, 15) is 0 Å². The van der Waals surface area contributed by atoms with E-state index in [1.54, 1.807) is 7.11 Å². The third-order valence-corrected chi connectivity index (χ3v) is 3.62. The lowest BCUT2D eigenvalue weighted by Gasteiger charge is -2.18. The predicted molar refractivity (Wildman–Crippen MR) is 120 cm³/mol. The summed E-state index contributed by atoms with van der Waals surface area (Å²) in [4.78, 5) is 8.95. The summed E-state index contributed by atoms with van der Waals surface area (Å²) in [6.07, 6.45) is 0.00982. The summed E-state index contributed by atoms with van der Waals surface area (Å²) in [5.41, 5.74) is 2.04. The Balaban J connectivity index is 0.00000364. The first-order valence-corrected chi connectivity index (χ1v) is 8.86. The average Bonchev–Trinajstić information content (AvgIpc) is 2.64. The molecule has 7 heteroatoms. The Kier molecular flexibility index (Phi) is 10.5. The van der Waals surface area contributed by atoms with Crippen molar-refractivity contribution in [1.82, 2.24) is 15.6 Å². The van der Waals surface area contributed by atoms with E-state index in [0.29, 0.717) is 19.0 Å². The second-order valence-corrected chi connectivity index (χ2v) is 5.99. The van der Waals surface area contributed by atoms with Gasteiger partial charge in [-0.1, -0.05) is 18.2 Å². The minimum Gasteiger partial charge on any atom is -0.489 e. The number of aliphatic imine (C=N–C) groups is 1. The maximum atomic E-state index is 5.94. The van der Waals surface area contributed by atoms with Gasteiger partial charge in [0.2, 0.25) is 5.88 Å². The number of nitrogens with zero attached hydrogens (tertiary/aromatic N) is 2. The van der Waals surface area contributed by atoms with Crippen molar-refractivity contribution in [3.8, 4) is 11.6 Å². The molecule has 148 valence electrons. The lowest BCUT2D eigenvalue weighted by molar-refractivity contribution is 0.223. The predicted octanol–water partition coefficient (Wildman–Crippen LogP) is 3.54. The summed E-state index contributed by atoms with van der Waals surface area (Å²) in [6.45, 7) is 8.02. The number of aromatic nitrogens is 1. The van der Waals surface area contributed by atoms with Crippen LogP contribution in [-0.4, -0.2) is 37.2 Å². The maximum Gasteiger partial charge on any atom is 0.213 e. The van der Waals surface area contributed by atoms with Crippen LogP contribution in [0.5, 0.6) is 11.6 Å². The standard InChI is InChI=1S/C20H28N4O2.HI/c1-5-21-20(23-14-17-9-7-11-19(24-17)25-4)22-13-16(3)26-18-10-6-8-15(2)12-18;/h6-12,16H,5,13-14H2,1-4H3,(H2,21,22,23);1H. The lowest BCUT2D eigenvalue weighted by atomic mass is 10.2. The molecular weight excluding hydrogens is 455 g/mol. The molecule has 0 spiro atoms. The highest BCUT2D eigenvalue weighted by molar-refractivity contribution is 14.0. The average molecular weight is 484 g/mol. The lowest BCUT2D eigenvalue weighted by Crippen LogP contribution is -2.41. The summed E-state index contributed by atoms with van der Waals surface area (Å²) >= 11 is 0. The fourth-order valence-electron chi connectivity index (χ4n) is 2.36. The van der Waals surface area contributed by atoms with Crippen molar-refractivity contribution in [1.29, 1.82) is 0 Å². The van der Waals surface area contributed by atoms with E-state index in [-0.39, 0.29) is 30.1 Å². The van der Waals surface area contributed by atoms with Crippen molar-refractivity contribution in [2.75, 3.05) is 20.2 Å². The summed E-state index contributed by atoms with van der Waals surface area (Å²) < 4.78 is 11.1. The van der Waals surface area contributed by atoms with Gasteiger partial charge in [-0.3, -0.25) is 0 Å². The Morgan fingerprint density at radius 2 is 1.96 bits per heavy atom. The SMILES string of the molecule is CCNC(=NCc1cccc(OC)n1)NCC(C)Oc1cccc(C)c1.I. The smallest absolute Gasteiger partial charge is 0.213 e. The zero-order chi connectivity index (χ0) is 18.8. The van der Waals surface area contributed by atoms with E-state index in [0.717, 1.165) is 23.9 Å². The molecule has 0 aliphatic rings. The molecule has 27 heavy (non-hydrogen) atoms. The molecule has 0 aliphatic heterocycles. The Bertz CT molecular complexity index is 725. The minimum atomic E-state index is 0. The van der Waals surface area contributed by atoms with Gasteiger partial charge >= 0.3 is 0 Å². The van der Waals surface area contributed by atoms with Crippen molar-refractivity contribution in [3.63, 3.8) is 0 Å². The van der Waals surface area contributed by atoms with Crippen LogP contribution in [0.4, 0.5) is 0 Å². The Morgan fingerprint density at radius 1 is 1.19 bits per heavy atom. The molecule has 2 rings (SSSR count). The van der Waals surface area contributed by atoms with Crippen LogP contribution in [0.25, 0.3) is 0 Å². The fraction of sp³-hybridized carbons (Fsp3) is 0.400. The number of halogens is 1. The number of benzene rings is 1. The molecule has 0 saturated carbocycles. The van der Waals surface area contributed by atoms with Crippen LogP contribution in [-0.2, 0) is 6.54 Å². The van der Waals surface area contributed by atoms with Crippen molar-refractivity contribution in [2.45, 2.75) is 33.4 Å². The molecular formula is C20H29IN4O2. The number of rotatable bonds is 8. The molecule has 0 aliphatic carbocycles. The van der Waals surface area contributed by atoms with E-state index < -0.39 is 0 Å². The minimum absolute atomic E-state index is 0. The number of guanidine groups is 1. The van der Waals surface area contributed by atoms with Crippen LogP contribution in [0.1, 0.15) is 25.1 Å². The first-order valence-electron chi connectivity index (χ1n) is 8.86. The van der Waals surface area contributed by atoms with Gasteiger partial charge in [0, 0.05) is 12.6 Å². The van der Waals surface area contributed by atoms with Crippen LogP contribution in [0.15, 0.2) is 47.5 Å². The third-order valence-electron chi connectivity index (χ3n) is 3.62. The number of methoxy groups -OCH3 is 1. The van der Waals surface area contributed by atoms with Crippen LogP contribution < -0.4 is 20.1 Å². The van der Waals surface area contributed by atoms with Gasteiger partial charge in [0.05, 0.1) is 25.9 Å². The highest BCUT2D eigenvalue weighted by atomic mass is 127. The zero-order valence-corrected chi connectivity index (χ0v) is 18.7. The number of pyridine rings is 1. The second-order valence-electron chi connectivity index (χ2n) is 5.99. The van der Waals surface area contributed by atoms with Gasteiger partial charge in [-0.25, -0.2) is 9.98 Å². The highest BCUT2D eigenvalue weighted by Crippen LogP contribution is 2.13. The molecule has 6 nitrogen and oxygen atoms in total. The van der Waals surface area contributed by atoms with Crippen molar-refractivity contribution in [2.24, 2.45) is 4.99 Å². The number of aryl methyl sites for hydroxylation is 1. The van der Waals surface area contributed by atoms with Crippen molar-refractivity contribution in [3.05, 3.63) is 53.7 Å². The highest BCUT2D eigenvalue weighted by Gasteiger charge is 2.06. The van der Waals surface area contributed by atoms with Gasteiger partial charge in [-0.15, -0.1) is 24.0 Å². The van der Waals surface area contributed by atoms with Gasteiger partial charge < -0.3 is 20.1 Å². The van der Waals surface area contributed by atoms with Gasteiger partial charge in [0.1, 0.15) is 11.9 Å². The second kappa shape index (κ2) is 12.4. The molecule has 2 N–H and O–H groups in total. The Morgan fingerprint density at radius 3 is 2.67 bits per heavy atom. The van der Waals surface area contributed by atoms with Crippen molar-refractivity contribution < 1.29 is 9.47 Å². The summed E-state index contributed by atoms with van der Waals surface area (Å²) in [5.74, 6) is 2.20. The topological polar surface area (TPSA) is 67.8 Å². The number of hydrogen-bond acceptors (Lipinski definition) is 4. The molecule has 0 radical (unpaired) electrons. The molecule has 1 heterocycles. The van der Waals surface area contributed by atoms with E-state index in [1.165, 1.54) is 5.56 Å². The number of nitrogens with one attached hydrogen (secondary N) is 2. The molecule has 1 unspecified atom stereocenters. The molecule has 0 saturated heterocycles. The summed E-state index contributed by atoms with van der Waals surface area (Å²) in [6, 6.07) is 13.7. The van der Waals surface area contributed by atoms with Crippen LogP contribution in [0.2, 0.25) is 0 Å². The molecule has 1 aromatic carbocycles. The Labute approximate surface area is 178 Å². The molecule has 0 bridgehead atoms. The largest absolute Gasteiger partial charge is 0.489 e. The first-order chi connectivity index (χ1) is 12.6. The van der Waals surface area contributed by atoms with Crippen LogP contribution in [0, 0.1) is 6.92 Å². The van der Waals surface area contributed by atoms with Crippen LogP contribution >= 0.6 is 24.0 Å². The van der Waals surface area contributed by atoms with E-state index in [2.05, 4.69) is 33.6 Å². The number of hydrogen-bond donors (Lipinski definition) is 2. The Hall–Kier alpha value is -2.03. The number of ether oxygens (including phenoxy) is 2. The summed E-state index contributed by atoms with van der Waals surface area (Å²) in [5, 5.41) is 6.54. The monoisotopic (exact) mass is 484 g/mol. The molecule has 0 fully saturated rings. The molecule has 0 amide bonds. The summed E-state index contributed by atoms with van der Waals surface area (Å²) in [7, 11) is 1.61. The zero-order valence-electron chi connectivity index (χ0n) is 16.4. The quantitative estimate of drug-likeness (QED) is 0.341. The molecule has 2 aromatic rings. The van der Waals surface area contributed by atoms with Gasteiger partial charge in [-0.2, -0.15) is 0 Å². The van der Waals surface area contributed by atoms with E-state index >= 15 is 0 Å². The van der Waals surface area contributed by atoms with Gasteiger partial charge in [0.25, 0.3) is 0 Å². The maximum absolute atomic E-state index is 5.94. The molecule has 1 aromatic heterocycles. The normalized spacial score (nSPS) is 11.9. The van der Waals surface area contributed by atoms with Gasteiger partial charge in [0.15, 0.2) is 5.96 Å². The van der Waals surface area contributed by atoms with E-state index in [1.807, 2.05) is 50.2 Å².